The van der Waals surface area contributed by atoms with E-state index in [0.717, 1.165) is 93.4 Å². The molecule has 0 saturated carbocycles. The number of hydrogen-bond acceptors (Lipinski definition) is 4. The van der Waals surface area contributed by atoms with Gasteiger partial charge in [-0.3, -0.25) is 0 Å². The molecular weight excluding hydrogens is 673 g/mol. The Balaban J connectivity index is 1.29. The molecule has 5 aliphatic rings. The third kappa shape index (κ3) is 2.55. The van der Waals surface area contributed by atoms with Gasteiger partial charge in [-0.05, 0) is 0 Å². The van der Waals surface area contributed by atoms with Gasteiger partial charge in [0.25, 0.3) is 0 Å². The fraction of sp³-hybridized carbons (Fsp3) is 0.0244. The van der Waals surface area contributed by atoms with Crippen molar-refractivity contribution in [3.05, 3.63) is 151 Å². The quantitative estimate of drug-likeness (QED) is 0.146. The molecule has 7 nitrogen and oxygen atoms in total. The minimum absolute atomic E-state index is 0.816. The van der Waals surface area contributed by atoms with Gasteiger partial charge in [0.15, 0.2) is 0 Å². The Hall–Kier alpha value is -6.08. The summed E-state index contributed by atoms with van der Waals surface area (Å²) in [5.41, 5.74) is 8.87. The Bertz CT molecular complexity index is 2920. The molecule has 5 aliphatic heterocycles. The van der Waals surface area contributed by atoms with Crippen LogP contribution >= 0.6 is 0 Å². The standard InChI is InChI=1S/C41H23N5O2Se/c47-49-33-18-6-12-25-26-20-21-32-36-38(26)46(37(25)33)40-34(49)19-9-23-43(40)41(36)35-29(15-7-17-31(35)48-32)45-28-14-5-4-13-27(28)44(24-10-2-1-3-11-24)30-16-8-22-42(41)39(30)45/h1-23H/q+2. The number of benzene rings is 5. The van der Waals surface area contributed by atoms with Gasteiger partial charge in [-0.2, -0.15) is 0 Å². The Labute approximate surface area is 283 Å². The number of aromatic nitrogens is 3. The fourth-order valence-corrected chi connectivity index (χ4v) is 12.3. The molecule has 8 heteroatoms. The van der Waals surface area contributed by atoms with E-state index in [-0.39, 0.29) is 0 Å². The van der Waals surface area contributed by atoms with Gasteiger partial charge in [-0.15, -0.1) is 0 Å². The molecule has 5 aromatic carbocycles. The van der Waals surface area contributed by atoms with Crippen molar-refractivity contribution in [2.75, 3.05) is 9.80 Å². The van der Waals surface area contributed by atoms with Crippen molar-refractivity contribution in [1.29, 1.82) is 0 Å². The van der Waals surface area contributed by atoms with Crippen molar-refractivity contribution >= 4 is 78.8 Å². The average molecular weight is 697 g/mol. The van der Waals surface area contributed by atoms with Gasteiger partial charge in [-0.1, -0.05) is 0 Å². The summed E-state index contributed by atoms with van der Waals surface area (Å²) in [6.07, 6.45) is 4.41. The molecule has 2 atom stereocenters. The van der Waals surface area contributed by atoms with Crippen LogP contribution in [0.3, 0.4) is 0 Å². The van der Waals surface area contributed by atoms with E-state index in [1.165, 1.54) is 0 Å². The van der Waals surface area contributed by atoms with E-state index in [0.29, 0.717) is 0 Å². The molecule has 3 aromatic heterocycles. The summed E-state index contributed by atoms with van der Waals surface area (Å²) < 4.78 is 30.7. The van der Waals surface area contributed by atoms with Crippen molar-refractivity contribution < 1.29 is 17.7 Å². The summed E-state index contributed by atoms with van der Waals surface area (Å²) in [4.78, 5) is 4.78. The first kappa shape index (κ1) is 25.0. The van der Waals surface area contributed by atoms with Crippen molar-refractivity contribution in [3.8, 4) is 17.3 Å². The number of fused-ring (bicyclic) bond motifs is 4. The number of nitrogens with zero attached hydrogens (tertiary/aromatic N) is 5. The zero-order chi connectivity index (χ0) is 31.7. The molecule has 8 aromatic rings. The van der Waals surface area contributed by atoms with Crippen LogP contribution in [0.4, 0.5) is 34.3 Å². The van der Waals surface area contributed by atoms with Gasteiger partial charge in [0.2, 0.25) is 0 Å². The zero-order valence-electron chi connectivity index (χ0n) is 25.7. The van der Waals surface area contributed by atoms with Gasteiger partial charge < -0.3 is 0 Å². The van der Waals surface area contributed by atoms with Crippen LogP contribution in [-0.2, 0) is 9.50 Å². The van der Waals surface area contributed by atoms with Crippen LogP contribution in [0.25, 0.3) is 27.6 Å². The molecular formula is C41H23N5O2Se+2. The molecule has 0 amide bonds. The second-order valence-electron chi connectivity index (χ2n) is 13.2. The molecule has 0 radical (unpaired) electrons. The van der Waals surface area contributed by atoms with Crippen molar-refractivity contribution in [1.82, 2.24) is 4.57 Å². The third-order valence-corrected chi connectivity index (χ3v) is 14.1. The molecule has 0 saturated heterocycles. The van der Waals surface area contributed by atoms with Gasteiger partial charge >= 0.3 is 285 Å². The summed E-state index contributed by atoms with van der Waals surface area (Å²) in [5.74, 6) is 3.68. The van der Waals surface area contributed by atoms with Crippen LogP contribution in [0.2, 0.25) is 0 Å². The monoisotopic (exact) mass is 697 g/mol. The van der Waals surface area contributed by atoms with E-state index in [2.05, 4.69) is 163 Å². The average Bonchev–Trinajstić information content (AvgIpc) is 3.50. The molecule has 2 unspecified atom stereocenters. The Kier molecular flexibility index (Phi) is 4.15. The van der Waals surface area contributed by atoms with Gasteiger partial charge in [0.1, 0.15) is 0 Å². The number of ether oxygens (including phenoxy) is 1. The number of anilines is 6. The van der Waals surface area contributed by atoms with E-state index in [4.69, 9.17) is 4.74 Å². The van der Waals surface area contributed by atoms with Crippen LogP contribution < -0.4 is 32.6 Å². The maximum absolute atomic E-state index is 14.6. The van der Waals surface area contributed by atoms with Crippen molar-refractivity contribution in [2.24, 2.45) is 0 Å². The second kappa shape index (κ2) is 8.13. The first-order chi connectivity index (χ1) is 24.3. The van der Waals surface area contributed by atoms with Gasteiger partial charge in [-0.25, -0.2) is 0 Å². The maximum atomic E-state index is 14.6. The molecule has 0 fully saturated rings. The zero-order valence-corrected chi connectivity index (χ0v) is 27.5. The topological polar surface area (TPSA) is 45.5 Å². The molecule has 228 valence electrons. The predicted molar refractivity (Wildman–Crippen MR) is 188 cm³/mol. The Morgan fingerprint density at radius 3 is 2.08 bits per heavy atom. The van der Waals surface area contributed by atoms with E-state index >= 15 is 0 Å². The molecule has 1 spiro atoms. The predicted octanol–water partition coefficient (Wildman–Crippen LogP) is 6.49. The van der Waals surface area contributed by atoms with Crippen molar-refractivity contribution in [2.45, 2.75) is 5.66 Å². The first-order valence-corrected chi connectivity index (χ1v) is 18.9. The molecule has 0 N–H and O–H groups in total. The fourth-order valence-electron chi connectivity index (χ4n) is 9.42. The summed E-state index contributed by atoms with van der Waals surface area (Å²) >= 11 is -2.60. The SMILES string of the molecule is O=[Se]1c2ccc[n+]3c2-n2c4c1cccc4c1ccc4c(c12)C31c2c(cccc2N2c3ccccc3N(c3ccccc3)c3ccc[n+]1c32)O4. The molecule has 49 heavy (non-hydrogen) atoms. The van der Waals surface area contributed by atoms with E-state index in [1.54, 1.807) is 0 Å². The normalized spacial score (nSPS) is 19.1. The minimum atomic E-state index is -2.60. The van der Waals surface area contributed by atoms with Crippen molar-refractivity contribution in [3.63, 3.8) is 0 Å². The molecule has 13 rings (SSSR count). The Morgan fingerprint density at radius 1 is 0.531 bits per heavy atom. The molecule has 0 bridgehead atoms. The van der Waals surface area contributed by atoms with Gasteiger partial charge in [0, 0.05) is 0 Å². The number of hydrogen-bond donors (Lipinski definition) is 0. The second-order valence-corrected chi connectivity index (χ2v) is 16.1. The van der Waals surface area contributed by atoms with Crippen LogP contribution in [0.15, 0.2) is 140 Å². The summed E-state index contributed by atoms with van der Waals surface area (Å²) in [6.45, 7) is 0. The molecule has 0 aliphatic carbocycles. The number of pyridine rings is 2. The number of rotatable bonds is 1. The third-order valence-electron chi connectivity index (χ3n) is 11.1. The van der Waals surface area contributed by atoms with Crippen LogP contribution in [-0.4, -0.2) is 18.4 Å². The molecule has 8 heterocycles. The van der Waals surface area contributed by atoms with E-state index < -0.39 is 19.5 Å². The van der Waals surface area contributed by atoms with Crippen LogP contribution in [0, 0.1) is 0 Å². The van der Waals surface area contributed by atoms with E-state index in [9.17, 15) is 3.83 Å². The van der Waals surface area contributed by atoms with Gasteiger partial charge in [0.05, 0.1) is 0 Å². The first-order valence-electron chi connectivity index (χ1n) is 16.5. The number of para-hydroxylation sites is 4. The Morgan fingerprint density at radius 2 is 1.20 bits per heavy atom. The van der Waals surface area contributed by atoms with Crippen LogP contribution in [0.5, 0.6) is 11.5 Å². The summed E-state index contributed by atoms with van der Waals surface area (Å²) in [5, 5.41) is 2.27. The summed E-state index contributed by atoms with van der Waals surface area (Å²) in [6, 6.07) is 44.9. The van der Waals surface area contributed by atoms with Crippen LogP contribution in [0.1, 0.15) is 11.1 Å². The van der Waals surface area contributed by atoms with E-state index in [1.807, 2.05) is 0 Å². The summed E-state index contributed by atoms with van der Waals surface area (Å²) in [7, 11) is 0.